The van der Waals surface area contributed by atoms with Crippen LogP contribution in [0.15, 0.2) is 18.2 Å². The number of ether oxygens (including phenoxy) is 1. The number of terminal acetylenes is 1. The molecule has 0 atom stereocenters. The lowest BCUT2D eigenvalue weighted by Gasteiger charge is -2.11. The van der Waals surface area contributed by atoms with Crippen LogP contribution in [0.1, 0.15) is 22.3 Å². The summed E-state index contributed by atoms with van der Waals surface area (Å²) in [6.45, 7) is 0.133. The van der Waals surface area contributed by atoms with Gasteiger partial charge in [0.25, 0.3) is 0 Å². The predicted molar refractivity (Wildman–Crippen MR) is 55.8 cm³/mol. The molecule has 0 aliphatic carbocycles. The van der Waals surface area contributed by atoms with Gasteiger partial charge in [0.2, 0.25) is 0 Å². The Labute approximate surface area is 96.4 Å². The monoisotopic (exact) mass is 242 g/mol. The number of rotatable bonds is 4. The Bertz CT molecular complexity index is 444. The summed E-state index contributed by atoms with van der Waals surface area (Å²) in [7, 11) is 0. The lowest BCUT2D eigenvalue weighted by Crippen LogP contribution is -2.09. The summed E-state index contributed by atoms with van der Waals surface area (Å²) >= 11 is 0. The van der Waals surface area contributed by atoms with Crippen LogP contribution in [0.25, 0.3) is 0 Å². The number of hydrogen-bond donors (Lipinski definition) is 0. The molecule has 90 valence electrons. The highest BCUT2D eigenvalue weighted by Crippen LogP contribution is 2.33. The van der Waals surface area contributed by atoms with Crippen molar-refractivity contribution in [3.05, 3.63) is 29.3 Å². The van der Waals surface area contributed by atoms with Gasteiger partial charge in [-0.3, -0.25) is 4.79 Å². The van der Waals surface area contributed by atoms with Crippen molar-refractivity contribution in [2.75, 3.05) is 6.61 Å². The van der Waals surface area contributed by atoms with Crippen LogP contribution in [0.2, 0.25) is 0 Å². The molecule has 5 heteroatoms. The number of alkyl halides is 3. The van der Waals surface area contributed by atoms with Crippen molar-refractivity contribution in [1.82, 2.24) is 0 Å². The topological polar surface area (TPSA) is 26.3 Å². The minimum atomic E-state index is -4.58. The molecular weight excluding hydrogens is 233 g/mol. The standard InChI is InChI=1S/C12H9F3O2/c1-2-3-6-17-10-5-4-9(8-16)11(7-10)12(13,14)15/h1,4-5,7-8H,3,6H2. The van der Waals surface area contributed by atoms with Crippen LogP contribution < -0.4 is 4.74 Å². The summed E-state index contributed by atoms with van der Waals surface area (Å²) < 4.78 is 42.7. The zero-order valence-corrected chi connectivity index (χ0v) is 8.75. The van der Waals surface area contributed by atoms with E-state index in [2.05, 4.69) is 5.92 Å². The molecule has 0 heterocycles. The van der Waals surface area contributed by atoms with E-state index in [4.69, 9.17) is 11.2 Å². The molecule has 0 aromatic heterocycles. The average molecular weight is 242 g/mol. The number of carbonyl (C=O) groups excluding carboxylic acids is 1. The Morgan fingerprint density at radius 1 is 1.41 bits per heavy atom. The maximum Gasteiger partial charge on any atom is 0.417 e. The van der Waals surface area contributed by atoms with E-state index in [0.717, 1.165) is 12.1 Å². The Morgan fingerprint density at radius 3 is 2.65 bits per heavy atom. The Kier molecular flexibility index (Phi) is 4.16. The van der Waals surface area contributed by atoms with Gasteiger partial charge in [-0.15, -0.1) is 12.3 Å². The molecule has 17 heavy (non-hydrogen) atoms. The SMILES string of the molecule is C#CCCOc1ccc(C=O)c(C(F)(F)F)c1. The zero-order chi connectivity index (χ0) is 12.9. The molecule has 0 fully saturated rings. The van der Waals surface area contributed by atoms with Crippen molar-refractivity contribution in [2.24, 2.45) is 0 Å². The molecule has 1 aromatic carbocycles. The van der Waals surface area contributed by atoms with E-state index in [1.807, 2.05) is 0 Å². The van der Waals surface area contributed by atoms with E-state index < -0.39 is 17.3 Å². The molecule has 0 saturated heterocycles. The summed E-state index contributed by atoms with van der Waals surface area (Å²) in [5.74, 6) is 2.34. The third-order valence-electron chi connectivity index (χ3n) is 1.97. The van der Waals surface area contributed by atoms with Gasteiger partial charge in [0.15, 0.2) is 6.29 Å². The average Bonchev–Trinajstić information content (AvgIpc) is 2.28. The smallest absolute Gasteiger partial charge is 0.417 e. The van der Waals surface area contributed by atoms with Gasteiger partial charge >= 0.3 is 6.18 Å². The summed E-state index contributed by atoms with van der Waals surface area (Å²) in [6, 6.07) is 3.16. The third-order valence-corrected chi connectivity index (χ3v) is 1.97. The van der Waals surface area contributed by atoms with Crippen molar-refractivity contribution in [3.8, 4) is 18.1 Å². The molecule has 0 radical (unpaired) electrons. The lowest BCUT2D eigenvalue weighted by atomic mass is 10.1. The maximum absolute atomic E-state index is 12.6. The quantitative estimate of drug-likeness (QED) is 0.461. The Morgan fingerprint density at radius 2 is 2.12 bits per heavy atom. The second-order valence-corrected chi connectivity index (χ2v) is 3.17. The fourth-order valence-corrected chi connectivity index (χ4v) is 1.20. The first-order valence-electron chi connectivity index (χ1n) is 4.71. The van der Waals surface area contributed by atoms with Gasteiger partial charge in [-0.05, 0) is 18.2 Å². The second-order valence-electron chi connectivity index (χ2n) is 3.17. The molecule has 0 spiro atoms. The minimum Gasteiger partial charge on any atom is -0.493 e. The number of benzene rings is 1. The first-order chi connectivity index (χ1) is 7.99. The van der Waals surface area contributed by atoms with Crippen molar-refractivity contribution >= 4 is 6.29 Å². The van der Waals surface area contributed by atoms with Crippen LogP contribution >= 0.6 is 0 Å². The van der Waals surface area contributed by atoms with Gasteiger partial charge in [0.05, 0.1) is 12.2 Å². The predicted octanol–water partition coefficient (Wildman–Crippen LogP) is 2.92. The Balaban J connectivity index is 2.98. The summed E-state index contributed by atoms with van der Waals surface area (Å²) in [4.78, 5) is 10.5. The fraction of sp³-hybridized carbons (Fsp3) is 0.250. The molecule has 1 rings (SSSR count). The second kappa shape index (κ2) is 5.39. The molecule has 2 nitrogen and oxygen atoms in total. The van der Waals surface area contributed by atoms with Gasteiger partial charge in [-0.25, -0.2) is 0 Å². The van der Waals surface area contributed by atoms with Gasteiger partial charge in [-0.1, -0.05) is 0 Å². The summed E-state index contributed by atoms with van der Waals surface area (Å²) in [5.41, 5.74) is -1.42. The van der Waals surface area contributed by atoms with Crippen LogP contribution in [-0.2, 0) is 6.18 Å². The van der Waals surface area contributed by atoms with E-state index in [0.29, 0.717) is 6.42 Å². The van der Waals surface area contributed by atoms with Gasteiger partial charge in [0.1, 0.15) is 5.75 Å². The van der Waals surface area contributed by atoms with E-state index in [-0.39, 0.29) is 18.6 Å². The fourth-order valence-electron chi connectivity index (χ4n) is 1.20. The number of halogens is 3. The molecule has 0 N–H and O–H groups in total. The van der Waals surface area contributed by atoms with Crippen LogP contribution in [0.3, 0.4) is 0 Å². The van der Waals surface area contributed by atoms with Gasteiger partial charge in [-0.2, -0.15) is 13.2 Å². The summed E-state index contributed by atoms with van der Waals surface area (Å²) in [6.07, 6.45) is 0.863. The van der Waals surface area contributed by atoms with Gasteiger partial charge < -0.3 is 4.74 Å². The van der Waals surface area contributed by atoms with Crippen molar-refractivity contribution in [2.45, 2.75) is 12.6 Å². The normalized spacial score (nSPS) is 10.7. The number of hydrogen-bond acceptors (Lipinski definition) is 2. The van der Waals surface area contributed by atoms with Crippen molar-refractivity contribution < 1.29 is 22.7 Å². The minimum absolute atomic E-state index is 0.0400. The maximum atomic E-state index is 12.6. The molecule has 0 unspecified atom stereocenters. The lowest BCUT2D eigenvalue weighted by molar-refractivity contribution is -0.137. The largest absolute Gasteiger partial charge is 0.493 e. The van der Waals surface area contributed by atoms with Crippen LogP contribution in [0.4, 0.5) is 13.2 Å². The first kappa shape index (κ1) is 13.1. The van der Waals surface area contributed by atoms with Crippen LogP contribution in [-0.4, -0.2) is 12.9 Å². The van der Waals surface area contributed by atoms with Gasteiger partial charge in [0, 0.05) is 12.0 Å². The molecular formula is C12H9F3O2. The molecule has 0 aliphatic rings. The zero-order valence-electron chi connectivity index (χ0n) is 8.75. The third kappa shape index (κ3) is 3.52. The highest BCUT2D eigenvalue weighted by Gasteiger charge is 2.33. The van der Waals surface area contributed by atoms with Crippen molar-refractivity contribution in [3.63, 3.8) is 0 Å². The highest BCUT2D eigenvalue weighted by atomic mass is 19.4. The first-order valence-corrected chi connectivity index (χ1v) is 4.71. The van der Waals surface area contributed by atoms with E-state index in [1.165, 1.54) is 6.07 Å². The van der Waals surface area contributed by atoms with Crippen LogP contribution in [0.5, 0.6) is 5.75 Å². The molecule has 0 aliphatic heterocycles. The van der Waals surface area contributed by atoms with Crippen LogP contribution in [0, 0.1) is 12.3 Å². The number of carbonyl (C=O) groups is 1. The van der Waals surface area contributed by atoms with Crippen molar-refractivity contribution in [1.29, 1.82) is 0 Å². The molecule has 1 aromatic rings. The number of aldehydes is 1. The van der Waals surface area contributed by atoms with E-state index in [9.17, 15) is 18.0 Å². The van der Waals surface area contributed by atoms with E-state index >= 15 is 0 Å². The molecule has 0 saturated carbocycles. The molecule has 0 bridgehead atoms. The highest BCUT2D eigenvalue weighted by molar-refractivity contribution is 5.78. The molecule has 0 amide bonds. The van der Waals surface area contributed by atoms with E-state index in [1.54, 1.807) is 0 Å². The summed E-state index contributed by atoms with van der Waals surface area (Å²) in [5, 5.41) is 0. The Hall–Kier alpha value is -1.96.